The fraction of sp³-hybridized carbons (Fsp3) is 0.0870. The van der Waals surface area contributed by atoms with E-state index in [2.05, 4.69) is 5.32 Å². The van der Waals surface area contributed by atoms with Crippen molar-refractivity contribution in [3.05, 3.63) is 89.0 Å². The van der Waals surface area contributed by atoms with Crippen molar-refractivity contribution in [1.29, 1.82) is 0 Å². The lowest BCUT2D eigenvalue weighted by molar-refractivity contribution is 0.0693. The molecule has 1 aliphatic rings. The van der Waals surface area contributed by atoms with Crippen molar-refractivity contribution in [2.24, 2.45) is 0 Å². The van der Waals surface area contributed by atoms with Crippen LogP contribution >= 0.6 is 0 Å². The highest BCUT2D eigenvalue weighted by atomic mass is 16.5. The highest BCUT2D eigenvalue weighted by Crippen LogP contribution is 2.25. The third kappa shape index (κ3) is 3.60. The van der Waals surface area contributed by atoms with Gasteiger partial charge in [0.25, 0.3) is 17.7 Å². The van der Waals surface area contributed by atoms with Gasteiger partial charge in [0.15, 0.2) is 0 Å². The maximum absolute atomic E-state index is 12.5. The number of amides is 3. The number of hydrogen-bond acceptors (Lipinski definition) is 4. The van der Waals surface area contributed by atoms with Gasteiger partial charge in [0, 0.05) is 18.3 Å². The summed E-state index contributed by atoms with van der Waals surface area (Å²) in [5, 5.41) is 2.78. The number of rotatable bonds is 4. The second-order valence-electron chi connectivity index (χ2n) is 6.82. The molecule has 0 aliphatic carbocycles. The van der Waals surface area contributed by atoms with Crippen LogP contribution in [0.2, 0.25) is 0 Å². The van der Waals surface area contributed by atoms with Crippen molar-refractivity contribution in [2.45, 2.75) is 6.92 Å². The van der Waals surface area contributed by atoms with E-state index in [1.165, 1.54) is 25.2 Å². The van der Waals surface area contributed by atoms with Gasteiger partial charge in [-0.2, -0.15) is 0 Å². The van der Waals surface area contributed by atoms with Gasteiger partial charge >= 0.3 is 0 Å². The lowest BCUT2D eigenvalue weighted by Crippen LogP contribution is -2.24. The minimum Gasteiger partial charge on any atom is -0.457 e. The molecule has 29 heavy (non-hydrogen) atoms. The summed E-state index contributed by atoms with van der Waals surface area (Å²) < 4.78 is 5.77. The zero-order valence-corrected chi connectivity index (χ0v) is 15.9. The van der Waals surface area contributed by atoms with Gasteiger partial charge in [-0.25, -0.2) is 0 Å². The Labute approximate surface area is 167 Å². The van der Waals surface area contributed by atoms with Crippen molar-refractivity contribution in [3.63, 3.8) is 0 Å². The fourth-order valence-electron chi connectivity index (χ4n) is 3.05. The van der Waals surface area contributed by atoms with E-state index in [0.717, 1.165) is 16.2 Å². The third-order valence-corrected chi connectivity index (χ3v) is 4.72. The van der Waals surface area contributed by atoms with Crippen LogP contribution in [0.3, 0.4) is 0 Å². The highest BCUT2D eigenvalue weighted by Gasteiger charge is 2.33. The molecule has 3 amide bonds. The van der Waals surface area contributed by atoms with Crippen LogP contribution < -0.4 is 10.1 Å². The number of aryl methyl sites for hydroxylation is 1. The molecular weight excluding hydrogens is 368 g/mol. The normalized spacial score (nSPS) is 12.7. The summed E-state index contributed by atoms with van der Waals surface area (Å²) >= 11 is 0. The molecule has 1 N–H and O–H groups in total. The maximum Gasteiger partial charge on any atom is 0.261 e. The predicted octanol–water partition coefficient (Wildman–Crippen LogP) is 4.27. The summed E-state index contributed by atoms with van der Waals surface area (Å²) in [4.78, 5) is 37.6. The first kappa shape index (κ1) is 18.4. The summed E-state index contributed by atoms with van der Waals surface area (Å²) in [7, 11) is 1.42. The van der Waals surface area contributed by atoms with Crippen LogP contribution in [0.4, 0.5) is 5.69 Å². The van der Waals surface area contributed by atoms with Gasteiger partial charge < -0.3 is 10.1 Å². The summed E-state index contributed by atoms with van der Waals surface area (Å²) in [6.45, 7) is 2.01. The largest absolute Gasteiger partial charge is 0.457 e. The predicted molar refractivity (Wildman–Crippen MR) is 109 cm³/mol. The number of hydrogen-bond donors (Lipinski definition) is 1. The number of benzene rings is 3. The van der Waals surface area contributed by atoms with Crippen molar-refractivity contribution >= 4 is 23.4 Å². The van der Waals surface area contributed by atoms with Crippen LogP contribution in [0.25, 0.3) is 0 Å². The number of imide groups is 1. The van der Waals surface area contributed by atoms with Crippen molar-refractivity contribution in [3.8, 4) is 11.5 Å². The van der Waals surface area contributed by atoms with Crippen molar-refractivity contribution in [2.75, 3.05) is 12.4 Å². The molecule has 0 spiro atoms. The van der Waals surface area contributed by atoms with Crippen LogP contribution in [0, 0.1) is 6.92 Å². The molecule has 0 fully saturated rings. The Bertz CT molecular complexity index is 1120. The Morgan fingerprint density at radius 2 is 1.41 bits per heavy atom. The third-order valence-electron chi connectivity index (χ3n) is 4.72. The minimum atomic E-state index is -0.405. The average Bonchev–Trinajstić information content (AvgIpc) is 2.95. The van der Waals surface area contributed by atoms with Crippen LogP contribution in [0.15, 0.2) is 66.7 Å². The Morgan fingerprint density at radius 1 is 0.828 bits per heavy atom. The topological polar surface area (TPSA) is 75.7 Å². The molecule has 0 unspecified atom stereocenters. The highest BCUT2D eigenvalue weighted by molar-refractivity contribution is 6.22. The standard InChI is InChI=1S/C23H18N2O4/c1-14-3-8-17(9-4-14)29-18-10-6-16(7-11-18)24-21(26)15-5-12-19-20(13-15)23(28)25(2)22(19)27/h3-13H,1-2H3,(H,24,26). The number of nitrogens with zero attached hydrogens (tertiary/aromatic N) is 1. The molecule has 0 bridgehead atoms. The molecule has 3 aromatic carbocycles. The van der Waals surface area contributed by atoms with Gasteiger partial charge in [-0.05, 0) is 61.5 Å². The number of carbonyl (C=O) groups is 3. The number of nitrogens with one attached hydrogen (secondary N) is 1. The van der Waals surface area contributed by atoms with Gasteiger partial charge in [-0.15, -0.1) is 0 Å². The monoisotopic (exact) mass is 386 g/mol. The molecule has 6 nitrogen and oxygen atoms in total. The summed E-state index contributed by atoms with van der Waals surface area (Å²) in [5.41, 5.74) is 2.60. The SMILES string of the molecule is Cc1ccc(Oc2ccc(NC(=O)c3ccc4c(c3)C(=O)N(C)C4=O)cc2)cc1. The first-order valence-electron chi connectivity index (χ1n) is 9.05. The van der Waals surface area contributed by atoms with E-state index in [1.54, 1.807) is 24.3 Å². The Kier molecular flexibility index (Phi) is 4.60. The fourth-order valence-corrected chi connectivity index (χ4v) is 3.05. The van der Waals surface area contributed by atoms with E-state index in [-0.39, 0.29) is 17.4 Å². The lowest BCUT2D eigenvalue weighted by Gasteiger charge is -2.09. The first-order valence-corrected chi connectivity index (χ1v) is 9.05. The molecule has 3 aromatic rings. The van der Waals surface area contributed by atoms with Crippen LogP contribution in [-0.4, -0.2) is 29.7 Å². The van der Waals surface area contributed by atoms with Gasteiger partial charge in [-0.3, -0.25) is 19.3 Å². The number of anilines is 1. The van der Waals surface area contributed by atoms with Gasteiger partial charge in [0.05, 0.1) is 11.1 Å². The van der Waals surface area contributed by atoms with E-state index in [1.807, 2.05) is 31.2 Å². The molecule has 144 valence electrons. The van der Waals surface area contributed by atoms with E-state index in [0.29, 0.717) is 22.6 Å². The second kappa shape index (κ2) is 7.24. The van der Waals surface area contributed by atoms with Gasteiger partial charge in [0.1, 0.15) is 11.5 Å². The molecule has 1 heterocycles. The maximum atomic E-state index is 12.5. The summed E-state index contributed by atoms with van der Waals surface area (Å²) in [6, 6.07) is 19.2. The first-order chi connectivity index (χ1) is 13.9. The molecule has 1 aliphatic heterocycles. The second-order valence-corrected chi connectivity index (χ2v) is 6.82. The van der Waals surface area contributed by atoms with E-state index in [9.17, 15) is 14.4 Å². The molecule has 4 rings (SSSR count). The van der Waals surface area contributed by atoms with Crippen molar-refractivity contribution in [1.82, 2.24) is 4.90 Å². The smallest absolute Gasteiger partial charge is 0.261 e. The van der Waals surface area contributed by atoms with E-state index in [4.69, 9.17) is 4.74 Å². The Balaban J connectivity index is 1.46. The van der Waals surface area contributed by atoms with Gasteiger partial charge in [0.2, 0.25) is 0 Å². The number of ether oxygens (including phenoxy) is 1. The van der Waals surface area contributed by atoms with Crippen LogP contribution in [0.5, 0.6) is 11.5 Å². The van der Waals surface area contributed by atoms with Crippen LogP contribution in [-0.2, 0) is 0 Å². The molecule has 0 saturated heterocycles. The summed E-state index contributed by atoms with van der Waals surface area (Å²) in [6.07, 6.45) is 0. The van der Waals surface area contributed by atoms with Crippen LogP contribution in [0.1, 0.15) is 36.6 Å². The van der Waals surface area contributed by atoms with E-state index < -0.39 is 5.91 Å². The summed E-state index contributed by atoms with van der Waals surface area (Å²) in [5.74, 6) is 0.249. The quantitative estimate of drug-likeness (QED) is 0.680. The van der Waals surface area contributed by atoms with E-state index >= 15 is 0 Å². The molecule has 6 heteroatoms. The Morgan fingerprint density at radius 3 is 2.07 bits per heavy atom. The van der Waals surface area contributed by atoms with Gasteiger partial charge in [-0.1, -0.05) is 17.7 Å². The van der Waals surface area contributed by atoms with Crippen molar-refractivity contribution < 1.29 is 19.1 Å². The molecule has 0 radical (unpaired) electrons. The minimum absolute atomic E-state index is 0.243. The lowest BCUT2D eigenvalue weighted by atomic mass is 10.1. The molecule has 0 saturated carbocycles. The number of carbonyl (C=O) groups excluding carboxylic acids is 3. The molecule has 0 aromatic heterocycles. The molecule has 0 atom stereocenters. The zero-order chi connectivity index (χ0) is 20.5. The Hall–Kier alpha value is -3.93. The molecular formula is C23H18N2O4. The average molecular weight is 386 g/mol. The zero-order valence-electron chi connectivity index (χ0n) is 15.9. The number of fused-ring (bicyclic) bond motifs is 1.